The van der Waals surface area contributed by atoms with Crippen LogP contribution in [0.1, 0.15) is 39.0 Å². The highest BCUT2D eigenvalue weighted by Gasteiger charge is 2.34. The largest absolute Gasteiger partial charge is 0.388 e. The highest BCUT2D eigenvalue weighted by atomic mass is 16.3. The van der Waals surface area contributed by atoms with Crippen LogP contribution in [0.3, 0.4) is 0 Å². The Bertz CT molecular complexity index is 627. The van der Waals surface area contributed by atoms with E-state index in [1.807, 2.05) is 11.0 Å². The van der Waals surface area contributed by atoms with Crippen LogP contribution in [0.5, 0.6) is 0 Å². The van der Waals surface area contributed by atoms with E-state index in [9.17, 15) is 14.7 Å². The van der Waals surface area contributed by atoms with Gasteiger partial charge in [0, 0.05) is 58.1 Å². The smallest absolute Gasteiger partial charge is 0.244 e. The number of likely N-dealkylation sites (tertiary alicyclic amines) is 2. The van der Waals surface area contributed by atoms with E-state index in [0.717, 1.165) is 32.4 Å². The number of nitrogens with zero attached hydrogens (tertiary/aromatic N) is 4. The summed E-state index contributed by atoms with van der Waals surface area (Å²) in [4.78, 5) is 27.8. The fraction of sp³-hybridized carbons (Fsp3) is 0.737. The van der Waals surface area contributed by atoms with Gasteiger partial charge in [0.1, 0.15) is 6.54 Å². The summed E-state index contributed by atoms with van der Waals surface area (Å²) in [5.74, 6) is 0.0785. The summed E-state index contributed by atoms with van der Waals surface area (Å²) in [5.41, 5.74) is -0.748. The van der Waals surface area contributed by atoms with Crippen LogP contribution < -0.4 is 5.32 Å². The number of aromatic nitrogens is 2. The van der Waals surface area contributed by atoms with E-state index in [1.54, 1.807) is 24.0 Å². The molecule has 0 spiro atoms. The normalized spacial score (nSPS) is 25.2. The third kappa shape index (κ3) is 5.77. The fourth-order valence-electron chi connectivity index (χ4n) is 4.16. The predicted octanol–water partition coefficient (Wildman–Crippen LogP) is 0.227. The first-order chi connectivity index (χ1) is 12.9. The third-order valence-electron chi connectivity index (χ3n) is 5.64. The second-order valence-corrected chi connectivity index (χ2v) is 7.91. The maximum absolute atomic E-state index is 12.5. The molecule has 0 unspecified atom stereocenters. The summed E-state index contributed by atoms with van der Waals surface area (Å²) >= 11 is 0. The fourth-order valence-corrected chi connectivity index (χ4v) is 4.16. The van der Waals surface area contributed by atoms with Crippen LogP contribution >= 0.6 is 0 Å². The molecule has 2 fully saturated rings. The molecular formula is C19H31N5O3. The number of β-amino-alcohol motifs (C(OH)–C–C–N with tert-alkyl or cyclic N) is 1. The lowest BCUT2D eigenvalue weighted by Gasteiger charge is -2.38. The van der Waals surface area contributed by atoms with Gasteiger partial charge < -0.3 is 20.2 Å². The van der Waals surface area contributed by atoms with Crippen molar-refractivity contribution in [1.82, 2.24) is 24.9 Å². The topological polar surface area (TPSA) is 90.7 Å². The van der Waals surface area contributed by atoms with E-state index in [0.29, 0.717) is 32.5 Å². The van der Waals surface area contributed by atoms with Crippen molar-refractivity contribution in [3.63, 3.8) is 0 Å². The van der Waals surface area contributed by atoms with E-state index >= 15 is 0 Å². The Hall–Kier alpha value is -1.93. The predicted molar refractivity (Wildman–Crippen MR) is 101 cm³/mol. The summed E-state index contributed by atoms with van der Waals surface area (Å²) in [6, 6.07) is 2.06. The van der Waals surface area contributed by atoms with Crippen LogP contribution in [0.4, 0.5) is 0 Å². The molecular weight excluding hydrogens is 346 g/mol. The van der Waals surface area contributed by atoms with Crippen molar-refractivity contribution in [2.24, 2.45) is 0 Å². The first-order valence-electron chi connectivity index (χ1n) is 9.91. The third-order valence-corrected chi connectivity index (χ3v) is 5.64. The number of piperidine rings is 1. The number of amides is 2. The lowest BCUT2D eigenvalue weighted by molar-refractivity contribution is -0.132. The van der Waals surface area contributed by atoms with Gasteiger partial charge in [-0.1, -0.05) is 0 Å². The van der Waals surface area contributed by atoms with E-state index in [1.165, 1.54) is 0 Å². The number of hydrogen-bond donors (Lipinski definition) is 2. The van der Waals surface area contributed by atoms with Gasteiger partial charge in [-0.25, -0.2) is 0 Å². The molecule has 0 aliphatic carbocycles. The van der Waals surface area contributed by atoms with Crippen molar-refractivity contribution in [3.8, 4) is 0 Å². The number of aliphatic hydroxyl groups is 1. The molecule has 2 N–H and O–H groups in total. The monoisotopic (exact) mass is 377 g/mol. The van der Waals surface area contributed by atoms with Gasteiger partial charge in [-0.2, -0.15) is 5.10 Å². The van der Waals surface area contributed by atoms with E-state index in [4.69, 9.17) is 0 Å². The standard InChI is InChI=1S/C19H31N5O3/c1-16(25)21-17-4-11-22(12-5-17)15-19(27)6-2-9-23(13-7-19)18(26)14-24-10-3-8-20-24/h3,8,10,17,27H,2,4-7,9,11-15H2,1H3,(H,21,25)/t19-/m0/s1. The first kappa shape index (κ1) is 19.8. The Labute approximate surface area is 160 Å². The second-order valence-electron chi connectivity index (χ2n) is 7.91. The summed E-state index contributed by atoms with van der Waals surface area (Å²) in [5, 5.41) is 18.2. The molecule has 150 valence electrons. The van der Waals surface area contributed by atoms with Crippen LogP contribution in [0.2, 0.25) is 0 Å². The molecule has 8 heteroatoms. The zero-order chi connectivity index (χ0) is 19.3. The maximum Gasteiger partial charge on any atom is 0.244 e. The molecule has 3 rings (SSSR count). The molecule has 2 amide bonds. The van der Waals surface area contributed by atoms with Gasteiger partial charge in [0.25, 0.3) is 0 Å². The molecule has 0 aromatic carbocycles. The molecule has 0 radical (unpaired) electrons. The van der Waals surface area contributed by atoms with Gasteiger partial charge >= 0.3 is 0 Å². The van der Waals surface area contributed by atoms with Crippen LogP contribution in [0.25, 0.3) is 0 Å². The van der Waals surface area contributed by atoms with Crippen LogP contribution in [0.15, 0.2) is 18.5 Å². The van der Waals surface area contributed by atoms with Crippen molar-refractivity contribution in [2.45, 2.75) is 57.2 Å². The summed E-state index contributed by atoms with van der Waals surface area (Å²) in [7, 11) is 0. The van der Waals surface area contributed by atoms with Crippen molar-refractivity contribution in [1.29, 1.82) is 0 Å². The van der Waals surface area contributed by atoms with Gasteiger partial charge in [-0.3, -0.25) is 14.3 Å². The minimum atomic E-state index is -0.748. The highest BCUT2D eigenvalue weighted by Crippen LogP contribution is 2.25. The minimum absolute atomic E-state index is 0.0238. The van der Waals surface area contributed by atoms with Crippen molar-refractivity contribution >= 4 is 11.8 Å². The molecule has 27 heavy (non-hydrogen) atoms. The SMILES string of the molecule is CC(=O)NC1CCN(C[C@]2(O)CCCN(C(=O)Cn3cccn3)CC2)CC1. The zero-order valence-corrected chi connectivity index (χ0v) is 16.1. The van der Waals surface area contributed by atoms with Crippen molar-refractivity contribution < 1.29 is 14.7 Å². The molecule has 1 atom stereocenters. The Balaban J connectivity index is 1.46. The quantitative estimate of drug-likeness (QED) is 0.766. The minimum Gasteiger partial charge on any atom is -0.388 e. The second kappa shape index (κ2) is 8.84. The van der Waals surface area contributed by atoms with Gasteiger partial charge in [0.15, 0.2) is 0 Å². The lowest BCUT2D eigenvalue weighted by Crippen LogP contribution is -2.50. The lowest BCUT2D eigenvalue weighted by atomic mass is 9.93. The van der Waals surface area contributed by atoms with Crippen molar-refractivity contribution in [2.75, 3.05) is 32.7 Å². The average molecular weight is 377 g/mol. The zero-order valence-electron chi connectivity index (χ0n) is 16.1. The number of nitrogens with one attached hydrogen (secondary N) is 1. The number of carbonyl (C=O) groups excluding carboxylic acids is 2. The average Bonchev–Trinajstić information content (AvgIpc) is 3.04. The molecule has 2 aliphatic heterocycles. The highest BCUT2D eigenvalue weighted by molar-refractivity contribution is 5.76. The molecule has 8 nitrogen and oxygen atoms in total. The molecule has 2 aliphatic rings. The molecule has 0 saturated carbocycles. The Kier molecular flexibility index (Phi) is 6.49. The summed E-state index contributed by atoms with van der Waals surface area (Å²) in [6.07, 6.45) is 7.42. The van der Waals surface area contributed by atoms with Gasteiger partial charge in [0.2, 0.25) is 11.8 Å². The first-order valence-corrected chi connectivity index (χ1v) is 9.91. The number of carbonyl (C=O) groups is 2. The van der Waals surface area contributed by atoms with Gasteiger partial charge in [-0.15, -0.1) is 0 Å². The van der Waals surface area contributed by atoms with Crippen LogP contribution in [-0.2, 0) is 16.1 Å². The van der Waals surface area contributed by atoms with Crippen LogP contribution in [0, 0.1) is 0 Å². The van der Waals surface area contributed by atoms with E-state index in [-0.39, 0.29) is 24.4 Å². The number of rotatable bonds is 5. The number of hydrogen-bond acceptors (Lipinski definition) is 5. The van der Waals surface area contributed by atoms with Gasteiger partial charge in [0.05, 0.1) is 5.60 Å². The molecule has 3 heterocycles. The van der Waals surface area contributed by atoms with Crippen LogP contribution in [-0.4, -0.2) is 80.9 Å². The van der Waals surface area contributed by atoms with E-state index < -0.39 is 5.60 Å². The molecule has 1 aromatic rings. The Morgan fingerprint density at radius 2 is 2.00 bits per heavy atom. The summed E-state index contributed by atoms with van der Waals surface area (Å²) in [6.45, 7) is 5.49. The Morgan fingerprint density at radius 3 is 2.67 bits per heavy atom. The maximum atomic E-state index is 12.5. The molecule has 2 saturated heterocycles. The van der Waals surface area contributed by atoms with E-state index in [2.05, 4.69) is 15.3 Å². The van der Waals surface area contributed by atoms with Gasteiger partial charge in [-0.05, 0) is 38.2 Å². The van der Waals surface area contributed by atoms with Crippen molar-refractivity contribution in [3.05, 3.63) is 18.5 Å². The Morgan fingerprint density at radius 1 is 1.22 bits per heavy atom. The summed E-state index contributed by atoms with van der Waals surface area (Å²) < 4.78 is 1.64. The molecule has 0 bridgehead atoms. The molecule has 1 aromatic heterocycles.